The number of aromatic nitrogens is 3. The lowest BCUT2D eigenvalue weighted by Crippen LogP contribution is -2.37. The zero-order valence-corrected chi connectivity index (χ0v) is 15.4. The first-order chi connectivity index (χ1) is 13.5. The Bertz CT molecular complexity index is 1380. The van der Waals surface area contributed by atoms with E-state index in [1.165, 1.54) is 11.6 Å². The Morgan fingerprint density at radius 2 is 1.79 bits per heavy atom. The van der Waals surface area contributed by atoms with Crippen molar-refractivity contribution in [3.05, 3.63) is 86.8 Å². The van der Waals surface area contributed by atoms with Crippen LogP contribution in [0, 0.1) is 0 Å². The molecule has 2 N–H and O–H groups in total. The molecule has 0 aliphatic carbocycles. The first kappa shape index (κ1) is 16.4. The third kappa shape index (κ3) is 2.10. The Labute approximate surface area is 159 Å². The maximum atomic E-state index is 12.8. The van der Waals surface area contributed by atoms with Crippen LogP contribution in [0.3, 0.4) is 0 Å². The van der Waals surface area contributed by atoms with Crippen molar-refractivity contribution in [3.8, 4) is 11.4 Å². The molecule has 2 aromatic heterocycles. The van der Waals surface area contributed by atoms with Crippen molar-refractivity contribution in [2.24, 2.45) is 14.1 Å². The van der Waals surface area contributed by atoms with Gasteiger partial charge in [0.05, 0.1) is 34.0 Å². The van der Waals surface area contributed by atoms with Gasteiger partial charge in [-0.2, -0.15) is 0 Å². The minimum Gasteiger partial charge on any atom is -0.508 e. The largest absolute Gasteiger partial charge is 0.508 e. The summed E-state index contributed by atoms with van der Waals surface area (Å²) in [5.74, 6) is 0.158. The summed E-state index contributed by atoms with van der Waals surface area (Å²) >= 11 is 0. The van der Waals surface area contributed by atoms with Crippen LogP contribution >= 0.6 is 0 Å². The van der Waals surface area contributed by atoms with E-state index >= 15 is 0 Å². The zero-order chi connectivity index (χ0) is 19.6. The lowest BCUT2D eigenvalue weighted by atomic mass is 9.99. The third-order valence-electron chi connectivity index (χ3n) is 5.40. The first-order valence-corrected chi connectivity index (χ1v) is 8.93. The highest BCUT2D eigenvalue weighted by atomic mass is 16.3. The number of fused-ring (bicyclic) bond motifs is 5. The maximum absolute atomic E-state index is 12.8. The number of para-hydroxylation sites is 2. The molecule has 7 nitrogen and oxygen atoms in total. The summed E-state index contributed by atoms with van der Waals surface area (Å²) in [6.45, 7) is 0. The fraction of sp³-hybridized carbons (Fsp3) is 0.143. The number of benzene rings is 2. The van der Waals surface area contributed by atoms with Gasteiger partial charge in [-0.05, 0) is 29.8 Å². The van der Waals surface area contributed by atoms with Gasteiger partial charge in [0.2, 0.25) is 0 Å². The van der Waals surface area contributed by atoms with Gasteiger partial charge in [0, 0.05) is 20.3 Å². The first-order valence-electron chi connectivity index (χ1n) is 8.93. The van der Waals surface area contributed by atoms with Crippen molar-refractivity contribution in [3.63, 3.8) is 0 Å². The van der Waals surface area contributed by atoms with Crippen molar-refractivity contribution >= 4 is 16.6 Å². The van der Waals surface area contributed by atoms with Gasteiger partial charge in [0.25, 0.3) is 5.56 Å². The van der Waals surface area contributed by atoms with Gasteiger partial charge in [0.15, 0.2) is 0 Å². The number of phenols is 1. The predicted molar refractivity (Wildman–Crippen MR) is 107 cm³/mol. The van der Waals surface area contributed by atoms with Crippen LogP contribution < -0.4 is 16.6 Å². The van der Waals surface area contributed by atoms with E-state index in [0.717, 1.165) is 27.2 Å². The molecule has 0 saturated heterocycles. The highest BCUT2D eigenvalue weighted by molar-refractivity contribution is 5.86. The number of aryl methyl sites for hydroxylation is 1. The molecule has 3 heterocycles. The average Bonchev–Trinajstić information content (AvgIpc) is 3.11. The molecule has 0 saturated carbocycles. The van der Waals surface area contributed by atoms with E-state index in [1.807, 2.05) is 34.9 Å². The summed E-state index contributed by atoms with van der Waals surface area (Å²) in [4.78, 5) is 25.4. The van der Waals surface area contributed by atoms with Crippen LogP contribution in [0.25, 0.3) is 16.6 Å². The minimum absolute atomic E-state index is 0.158. The van der Waals surface area contributed by atoms with Crippen LogP contribution in [0.5, 0.6) is 5.75 Å². The molecule has 0 unspecified atom stereocenters. The number of nitrogens with zero attached hydrogens (tertiary/aromatic N) is 3. The lowest BCUT2D eigenvalue weighted by Gasteiger charge is -2.30. The summed E-state index contributed by atoms with van der Waals surface area (Å²) in [5, 5.41) is 14.0. The standard InChI is InChI=1S/C21H18N4O3/c1-23-18-14(20(27)24(2)21(23)28)11-25-16-9-4-3-8-15(16)22-17(19(18)25)12-6-5-7-13(26)10-12/h3-11,17,22,26H,1-2H3/t17-/m0/s1. The van der Waals surface area contributed by atoms with Gasteiger partial charge < -0.3 is 15.0 Å². The second kappa shape index (κ2) is 5.63. The van der Waals surface area contributed by atoms with E-state index in [0.29, 0.717) is 10.9 Å². The Balaban J connectivity index is 1.95. The molecule has 1 aliphatic rings. The van der Waals surface area contributed by atoms with Crippen LogP contribution in [0.1, 0.15) is 17.3 Å². The van der Waals surface area contributed by atoms with Crippen molar-refractivity contribution in [2.75, 3.05) is 5.32 Å². The number of anilines is 1. The summed E-state index contributed by atoms with van der Waals surface area (Å²) in [7, 11) is 3.16. The van der Waals surface area contributed by atoms with Crippen molar-refractivity contribution < 1.29 is 5.11 Å². The van der Waals surface area contributed by atoms with Crippen LogP contribution in [-0.4, -0.2) is 18.8 Å². The highest BCUT2D eigenvalue weighted by Gasteiger charge is 2.30. The fourth-order valence-electron chi connectivity index (χ4n) is 4.06. The van der Waals surface area contributed by atoms with E-state index in [1.54, 1.807) is 31.4 Å². The van der Waals surface area contributed by atoms with Crippen molar-refractivity contribution in [1.82, 2.24) is 13.7 Å². The molecule has 28 heavy (non-hydrogen) atoms. The predicted octanol–water partition coefficient (Wildman–Crippen LogP) is 2.25. The van der Waals surface area contributed by atoms with Crippen molar-refractivity contribution in [2.45, 2.75) is 6.04 Å². The smallest absolute Gasteiger partial charge is 0.331 e. The monoisotopic (exact) mass is 374 g/mol. The van der Waals surface area contributed by atoms with E-state index < -0.39 is 0 Å². The van der Waals surface area contributed by atoms with Gasteiger partial charge >= 0.3 is 5.69 Å². The minimum atomic E-state index is -0.375. The van der Waals surface area contributed by atoms with Crippen LogP contribution in [-0.2, 0) is 14.1 Å². The fourth-order valence-corrected chi connectivity index (χ4v) is 4.06. The van der Waals surface area contributed by atoms with Gasteiger partial charge in [-0.15, -0.1) is 0 Å². The van der Waals surface area contributed by atoms with Gasteiger partial charge in [-0.3, -0.25) is 13.9 Å². The third-order valence-corrected chi connectivity index (χ3v) is 5.40. The van der Waals surface area contributed by atoms with E-state index in [2.05, 4.69) is 5.32 Å². The summed E-state index contributed by atoms with van der Waals surface area (Å²) in [5.41, 5.74) is 3.32. The van der Waals surface area contributed by atoms with Gasteiger partial charge in [-0.1, -0.05) is 24.3 Å². The Kier molecular flexibility index (Phi) is 3.30. The molecule has 5 rings (SSSR count). The molecular weight excluding hydrogens is 356 g/mol. The maximum Gasteiger partial charge on any atom is 0.331 e. The number of rotatable bonds is 1. The molecule has 0 amide bonds. The molecule has 140 valence electrons. The molecule has 0 radical (unpaired) electrons. The molecule has 0 fully saturated rings. The van der Waals surface area contributed by atoms with E-state index in [9.17, 15) is 14.7 Å². The molecule has 2 aromatic carbocycles. The lowest BCUT2D eigenvalue weighted by molar-refractivity contribution is 0.474. The van der Waals surface area contributed by atoms with Crippen LogP contribution in [0.2, 0.25) is 0 Å². The van der Waals surface area contributed by atoms with Gasteiger partial charge in [0.1, 0.15) is 5.75 Å². The number of hydrogen-bond acceptors (Lipinski definition) is 4. The Hall–Kier alpha value is -3.74. The number of hydrogen-bond donors (Lipinski definition) is 2. The van der Waals surface area contributed by atoms with Crippen LogP contribution in [0.15, 0.2) is 64.3 Å². The quantitative estimate of drug-likeness (QED) is 0.535. The summed E-state index contributed by atoms with van der Waals surface area (Å²) in [6.07, 6.45) is 1.79. The molecule has 4 aromatic rings. The molecule has 0 bridgehead atoms. The Morgan fingerprint density at radius 1 is 1.00 bits per heavy atom. The van der Waals surface area contributed by atoms with E-state index in [-0.39, 0.29) is 23.0 Å². The number of phenolic OH excluding ortho intramolecular Hbond substituents is 1. The van der Waals surface area contributed by atoms with Gasteiger partial charge in [-0.25, -0.2) is 4.79 Å². The number of aromatic hydroxyl groups is 1. The second-order valence-electron chi connectivity index (χ2n) is 7.04. The average molecular weight is 374 g/mol. The normalized spacial score (nSPS) is 15.1. The highest BCUT2D eigenvalue weighted by Crippen LogP contribution is 2.40. The molecular formula is C21H18N4O3. The molecule has 1 aliphatic heterocycles. The second-order valence-corrected chi connectivity index (χ2v) is 7.04. The Morgan fingerprint density at radius 3 is 2.57 bits per heavy atom. The van der Waals surface area contributed by atoms with Crippen LogP contribution in [0.4, 0.5) is 5.69 Å². The zero-order valence-electron chi connectivity index (χ0n) is 15.4. The van der Waals surface area contributed by atoms with Crippen molar-refractivity contribution in [1.29, 1.82) is 0 Å². The number of nitrogens with one attached hydrogen (secondary N) is 1. The molecule has 7 heteroatoms. The SMILES string of the molecule is Cn1c(=O)c2cn3c(c2n(C)c1=O)[C@H](c1cccc(O)c1)Nc1ccccc1-3. The van der Waals surface area contributed by atoms with E-state index in [4.69, 9.17) is 0 Å². The topological polar surface area (TPSA) is 81.2 Å². The molecule has 1 atom stereocenters. The molecule has 0 spiro atoms. The summed E-state index contributed by atoms with van der Waals surface area (Å²) in [6, 6.07) is 14.5. The summed E-state index contributed by atoms with van der Waals surface area (Å²) < 4.78 is 4.59.